The van der Waals surface area contributed by atoms with Gasteiger partial charge in [-0.2, -0.15) is 0 Å². The molecule has 0 aliphatic heterocycles. The summed E-state index contributed by atoms with van der Waals surface area (Å²) in [6, 6.07) is 0. The van der Waals surface area contributed by atoms with E-state index in [1.165, 1.54) is 32.1 Å². The van der Waals surface area contributed by atoms with E-state index < -0.39 is 0 Å². The second-order valence-corrected chi connectivity index (χ2v) is 3.25. The quantitative estimate of drug-likeness (QED) is 0.350. The van der Waals surface area contributed by atoms with E-state index in [0.29, 0.717) is 0 Å². The first-order valence-corrected chi connectivity index (χ1v) is 5.21. The zero-order valence-corrected chi connectivity index (χ0v) is 8.36. The molecule has 0 heterocycles. The SMILES string of the molecule is C/C=C\CCCCCCBr. The van der Waals surface area contributed by atoms with E-state index >= 15 is 0 Å². The van der Waals surface area contributed by atoms with Crippen molar-refractivity contribution in [3.8, 4) is 0 Å². The topological polar surface area (TPSA) is 0 Å². The van der Waals surface area contributed by atoms with Crippen molar-refractivity contribution < 1.29 is 0 Å². The molecule has 0 bridgehead atoms. The fourth-order valence-electron chi connectivity index (χ4n) is 0.877. The Bertz CT molecular complexity index is 76.8. The highest BCUT2D eigenvalue weighted by Gasteiger charge is 1.85. The third kappa shape index (κ3) is 8.22. The van der Waals surface area contributed by atoms with Gasteiger partial charge in [-0.3, -0.25) is 0 Å². The van der Waals surface area contributed by atoms with Crippen molar-refractivity contribution in [3.05, 3.63) is 12.2 Å². The molecule has 0 saturated carbocycles. The Hall–Kier alpha value is 0.220. The van der Waals surface area contributed by atoms with Crippen LogP contribution in [-0.4, -0.2) is 5.33 Å². The smallest absolute Gasteiger partial charge is 0.00313 e. The highest BCUT2D eigenvalue weighted by Crippen LogP contribution is 2.04. The number of rotatable bonds is 6. The van der Waals surface area contributed by atoms with Gasteiger partial charge in [-0.1, -0.05) is 40.9 Å². The lowest BCUT2D eigenvalue weighted by molar-refractivity contribution is 0.679. The molecule has 10 heavy (non-hydrogen) atoms. The van der Waals surface area contributed by atoms with Crippen LogP contribution in [0, 0.1) is 0 Å². The van der Waals surface area contributed by atoms with E-state index in [1.54, 1.807) is 0 Å². The van der Waals surface area contributed by atoms with Crippen LogP contribution < -0.4 is 0 Å². The molecule has 0 radical (unpaired) electrons. The highest BCUT2D eigenvalue weighted by molar-refractivity contribution is 9.09. The summed E-state index contributed by atoms with van der Waals surface area (Å²) in [4.78, 5) is 0. The summed E-state index contributed by atoms with van der Waals surface area (Å²) in [5.74, 6) is 0. The molecule has 60 valence electrons. The lowest BCUT2D eigenvalue weighted by Crippen LogP contribution is -1.77. The summed E-state index contributed by atoms with van der Waals surface area (Å²) >= 11 is 3.42. The molecule has 0 aliphatic carbocycles. The fourth-order valence-corrected chi connectivity index (χ4v) is 1.27. The number of allylic oxidation sites excluding steroid dienone is 2. The molecule has 0 unspecified atom stereocenters. The standard InChI is InChI=1S/C9H17Br/c1-2-3-4-5-6-7-8-9-10/h2-3H,4-9H2,1H3/b3-2-. The Kier molecular flexibility index (Phi) is 9.42. The second-order valence-electron chi connectivity index (χ2n) is 2.46. The minimum Gasteiger partial charge on any atom is -0.0928 e. The Labute approximate surface area is 72.8 Å². The third-order valence-electron chi connectivity index (χ3n) is 1.49. The maximum atomic E-state index is 3.42. The van der Waals surface area contributed by atoms with Gasteiger partial charge in [0.15, 0.2) is 0 Å². The van der Waals surface area contributed by atoms with Gasteiger partial charge in [0.25, 0.3) is 0 Å². The van der Waals surface area contributed by atoms with Crippen LogP contribution in [0.1, 0.15) is 39.0 Å². The van der Waals surface area contributed by atoms with Crippen molar-refractivity contribution in [1.82, 2.24) is 0 Å². The van der Waals surface area contributed by atoms with Gasteiger partial charge in [-0.05, 0) is 26.2 Å². The van der Waals surface area contributed by atoms with E-state index in [1.807, 2.05) is 0 Å². The number of halogens is 1. The van der Waals surface area contributed by atoms with Crippen LogP contribution in [0.3, 0.4) is 0 Å². The van der Waals surface area contributed by atoms with Gasteiger partial charge in [-0.15, -0.1) is 0 Å². The van der Waals surface area contributed by atoms with Gasteiger partial charge in [0.2, 0.25) is 0 Å². The van der Waals surface area contributed by atoms with Crippen LogP contribution in [0.2, 0.25) is 0 Å². The van der Waals surface area contributed by atoms with Crippen LogP contribution in [0.4, 0.5) is 0 Å². The highest BCUT2D eigenvalue weighted by atomic mass is 79.9. The molecule has 0 atom stereocenters. The molecule has 0 rings (SSSR count). The summed E-state index contributed by atoms with van der Waals surface area (Å²) in [6.07, 6.45) is 11.1. The summed E-state index contributed by atoms with van der Waals surface area (Å²) in [7, 11) is 0. The molecular weight excluding hydrogens is 188 g/mol. The molecule has 0 aromatic carbocycles. The Balaban J connectivity index is 2.77. The molecular formula is C9H17Br. The van der Waals surface area contributed by atoms with Crippen LogP contribution in [0.25, 0.3) is 0 Å². The minimum atomic E-state index is 1.16. The van der Waals surface area contributed by atoms with Gasteiger partial charge in [0, 0.05) is 5.33 Å². The number of unbranched alkanes of at least 4 members (excludes halogenated alkanes) is 4. The van der Waals surface area contributed by atoms with Crippen LogP contribution >= 0.6 is 15.9 Å². The molecule has 0 N–H and O–H groups in total. The maximum absolute atomic E-state index is 3.42. The third-order valence-corrected chi connectivity index (χ3v) is 2.05. The summed E-state index contributed by atoms with van der Waals surface area (Å²) in [5, 5.41) is 1.16. The predicted octanol–water partition coefficient (Wildman–Crippen LogP) is 3.91. The van der Waals surface area contributed by atoms with Gasteiger partial charge >= 0.3 is 0 Å². The number of alkyl halides is 1. The normalized spacial score (nSPS) is 11.0. The van der Waals surface area contributed by atoms with Crippen molar-refractivity contribution in [2.24, 2.45) is 0 Å². The summed E-state index contributed by atoms with van der Waals surface area (Å²) in [6.45, 7) is 2.08. The molecule has 0 nitrogen and oxygen atoms in total. The average Bonchev–Trinajstić information content (AvgIpc) is 1.97. The Morgan fingerprint density at radius 1 is 1.10 bits per heavy atom. The maximum Gasteiger partial charge on any atom is 0.00313 e. The van der Waals surface area contributed by atoms with E-state index in [9.17, 15) is 0 Å². The largest absolute Gasteiger partial charge is 0.0928 e. The second kappa shape index (κ2) is 9.22. The Morgan fingerprint density at radius 3 is 2.40 bits per heavy atom. The fraction of sp³-hybridized carbons (Fsp3) is 0.778. The van der Waals surface area contributed by atoms with Crippen molar-refractivity contribution >= 4 is 15.9 Å². The first-order chi connectivity index (χ1) is 4.91. The minimum absolute atomic E-state index is 1.16. The molecule has 0 fully saturated rings. The van der Waals surface area contributed by atoms with E-state index in [0.717, 1.165) is 5.33 Å². The van der Waals surface area contributed by atoms with Crippen molar-refractivity contribution in [2.45, 2.75) is 39.0 Å². The molecule has 1 heteroatoms. The van der Waals surface area contributed by atoms with E-state index in [-0.39, 0.29) is 0 Å². The van der Waals surface area contributed by atoms with Crippen LogP contribution in [0.5, 0.6) is 0 Å². The lowest BCUT2D eigenvalue weighted by Gasteiger charge is -1.94. The molecule has 0 amide bonds. The molecule has 0 aromatic rings. The zero-order chi connectivity index (χ0) is 7.66. The van der Waals surface area contributed by atoms with Crippen LogP contribution in [0.15, 0.2) is 12.2 Å². The number of hydrogen-bond acceptors (Lipinski definition) is 0. The van der Waals surface area contributed by atoms with Gasteiger partial charge < -0.3 is 0 Å². The van der Waals surface area contributed by atoms with E-state index in [4.69, 9.17) is 0 Å². The summed E-state index contributed by atoms with van der Waals surface area (Å²) in [5.41, 5.74) is 0. The van der Waals surface area contributed by atoms with Crippen molar-refractivity contribution in [2.75, 3.05) is 5.33 Å². The lowest BCUT2D eigenvalue weighted by atomic mass is 10.1. The monoisotopic (exact) mass is 204 g/mol. The molecule has 0 saturated heterocycles. The van der Waals surface area contributed by atoms with E-state index in [2.05, 4.69) is 35.0 Å². The van der Waals surface area contributed by atoms with Crippen molar-refractivity contribution in [1.29, 1.82) is 0 Å². The predicted molar refractivity (Wildman–Crippen MR) is 51.7 cm³/mol. The first kappa shape index (κ1) is 10.2. The van der Waals surface area contributed by atoms with Gasteiger partial charge in [0.05, 0.1) is 0 Å². The first-order valence-electron chi connectivity index (χ1n) is 4.09. The molecule has 0 aromatic heterocycles. The molecule has 0 aliphatic rings. The molecule has 0 spiro atoms. The van der Waals surface area contributed by atoms with Gasteiger partial charge in [0.1, 0.15) is 0 Å². The Morgan fingerprint density at radius 2 is 1.80 bits per heavy atom. The summed E-state index contributed by atoms with van der Waals surface area (Å²) < 4.78 is 0. The average molecular weight is 205 g/mol. The van der Waals surface area contributed by atoms with Gasteiger partial charge in [-0.25, -0.2) is 0 Å². The van der Waals surface area contributed by atoms with Crippen molar-refractivity contribution in [3.63, 3.8) is 0 Å². The zero-order valence-electron chi connectivity index (χ0n) is 6.78. The number of hydrogen-bond donors (Lipinski definition) is 0. The van der Waals surface area contributed by atoms with Crippen LogP contribution in [-0.2, 0) is 0 Å².